The van der Waals surface area contributed by atoms with Crippen LogP contribution in [-0.4, -0.2) is 30.3 Å². The van der Waals surface area contributed by atoms with Crippen LogP contribution in [0.1, 0.15) is 61.0 Å². The summed E-state index contributed by atoms with van der Waals surface area (Å²) in [5, 5.41) is 3.72. The summed E-state index contributed by atoms with van der Waals surface area (Å²) in [6.07, 6.45) is 2.15. The first-order valence-corrected chi connectivity index (χ1v) is 10.6. The van der Waals surface area contributed by atoms with E-state index >= 15 is 0 Å². The zero-order valence-corrected chi connectivity index (χ0v) is 18.0. The predicted octanol–water partition coefficient (Wildman–Crippen LogP) is 6.33. The number of rotatable bonds is 8. The monoisotopic (exact) mass is 406 g/mol. The Morgan fingerprint density at radius 2 is 2.00 bits per heavy atom. The predicted molar refractivity (Wildman–Crippen MR) is 119 cm³/mol. The van der Waals surface area contributed by atoms with E-state index in [0.29, 0.717) is 29.7 Å². The summed E-state index contributed by atoms with van der Waals surface area (Å²) >= 11 is 0. The molecule has 1 saturated heterocycles. The van der Waals surface area contributed by atoms with Crippen LogP contribution < -0.4 is 4.74 Å². The molecule has 1 heterocycles. The van der Waals surface area contributed by atoms with Gasteiger partial charge < -0.3 is 4.74 Å². The molecule has 3 rings (SSSR count). The highest BCUT2D eigenvalue weighted by atomic mass is 16.5. The number of benzene rings is 2. The fourth-order valence-corrected chi connectivity index (χ4v) is 3.88. The third-order valence-corrected chi connectivity index (χ3v) is 5.68. The summed E-state index contributed by atoms with van der Waals surface area (Å²) in [5.74, 6) is 2.38. The molecule has 2 aromatic rings. The number of ether oxygens (including phenoxy) is 1. The van der Waals surface area contributed by atoms with Crippen molar-refractivity contribution < 1.29 is 9.53 Å². The van der Waals surface area contributed by atoms with Gasteiger partial charge in [0.2, 0.25) is 0 Å². The Hall–Kier alpha value is -2.82. The third-order valence-electron chi connectivity index (χ3n) is 5.68. The highest BCUT2D eigenvalue weighted by molar-refractivity contribution is 5.94. The van der Waals surface area contributed by atoms with Gasteiger partial charge in [-0.2, -0.15) is 0 Å². The minimum absolute atomic E-state index is 0.0306. The molecular weight excluding hydrogens is 376 g/mol. The first kappa shape index (κ1) is 21.9. The van der Waals surface area contributed by atoms with Crippen LogP contribution in [-0.2, 0) is 6.54 Å². The lowest BCUT2D eigenvalue weighted by Gasteiger charge is -2.31. The fourth-order valence-electron chi connectivity index (χ4n) is 3.88. The number of nitrogens with zero attached hydrogens (tertiary/aromatic N) is 4. The summed E-state index contributed by atoms with van der Waals surface area (Å²) in [6, 6.07) is 13.7. The second-order valence-electron chi connectivity index (χ2n) is 8.35. The summed E-state index contributed by atoms with van der Waals surface area (Å²) in [7, 11) is 0. The summed E-state index contributed by atoms with van der Waals surface area (Å²) in [5.41, 5.74) is 11.6. The van der Waals surface area contributed by atoms with Crippen LogP contribution in [0.2, 0.25) is 0 Å². The molecule has 0 aliphatic carbocycles. The Morgan fingerprint density at radius 3 is 2.67 bits per heavy atom. The minimum Gasteiger partial charge on any atom is -0.457 e. The van der Waals surface area contributed by atoms with Gasteiger partial charge in [-0.1, -0.05) is 43.2 Å². The SMILES string of the molecule is CC(=O)c1cccc(Oc2ccc(CN3CCC(CN=[N+]=[N-])CC3)cc2C(C)C)c1. The summed E-state index contributed by atoms with van der Waals surface area (Å²) < 4.78 is 6.15. The Morgan fingerprint density at radius 1 is 1.23 bits per heavy atom. The lowest BCUT2D eigenvalue weighted by Crippen LogP contribution is -2.34. The van der Waals surface area contributed by atoms with Crippen LogP contribution in [0.25, 0.3) is 10.4 Å². The van der Waals surface area contributed by atoms with Gasteiger partial charge in [-0.15, -0.1) is 0 Å². The Bertz CT molecular complexity index is 927. The number of likely N-dealkylation sites (tertiary alicyclic amines) is 1. The van der Waals surface area contributed by atoms with Crippen LogP contribution in [0.4, 0.5) is 0 Å². The van der Waals surface area contributed by atoms with Crippen LogP contribution in [0.3, 0.4) is 0 Å². The van der Waals surface area contributed by atoms with E-state index in [9.17, 15) is 4.79 Å². The number of ketones is 1. The van der Waals surface area contributed by atoms with Crippen LogP contribution in [0.5, 0.6) is 11.5 Å². The van der Waals surface area contributed by atoms with Gasteiger partial charge in [0.05, 0.1) is 0 Å². The maximum absolute atomic E-state index is 11.6. The molecule has 0 spiro atoms. The first-order valence-electron chi connectivity index (χ1n) is 10.6. The number of carbonyl (C=O) groups is 1. The second-order valence-corrected chi connectivity index (χ2v) is 8.35. The van der Waals surface area contributed by atoms with Crippen LogP contribution >= 0.6 is 0 Å². The zero-order valence-electron chi connectivity index (χ0n) is 18.0. The molecule has 6 nitrogen and oxygen atoms in total. The molecule has 6 heteroatoms. The molecule has 0 aromatic heterocycles. The molecular formula is C24H30N4O2. The average molecular weight is 407 g/mol. The van der Waals surface area contributed by atoms with Crippen molar-refractivity contribution in [1.82, 2.24) is 4.90 Å². The molecule has 158 valence electrons. The number of Topliss-reactive ketones (excluding diaryl/α,β-unsaturated/α-hetero) is 1. The molecule has 2 aromatic carbocycles. The number of hydrogen-bond acceptors (Lipinski definition) is 4. The number of piperidine rings is 1. The minimum atomic E-state index is 0.0306. The average Bonchev–Trinajstić information content (AvgIpc) is 2.74. The van der Waals surface area contributed by atoms with Crippen molar-refractivity contribution in [2.45, 2.75) is 46.1 Å². The van der Waals surface area contributed by atoms with Gasteiger partial charge in [-0.05, 0) is 79.5 Å². The van der Waals surface area contributed by atoms with Gasteiger partial charge in [0.15, 0.2) is 5.78 Å². The second kappa shape index (κ2) is 10.3. The van der Waals surface area contributed by atoms with Crippen LogP contribution in [0, 0.1) is 5.92 Å². The molecule has 1 aliphatic heterocycles. The van der Waals surface area contributed by atoms with Crippen molar-refractivity contribution in [3.63, 3.8) is 0 Å². The van der Waals surface area contributed by atoms with Gasteiger partial charge >= 0.3 is 0 Å². The van der Waals surface area contributed by atoms with Crippen molar-refractivity contribution in [3.8, 4) is 11.5 Å². The van der Waals surface area contributed by atoms with E-state index in [2.05, 4.69) is 40.9 Å². The molecule has 30 heavy (non-hydrogen) atoms. The smallest absolute Gasteiger partial charge is 0.159 e. The number of azide groups is 1. The topological polar surface area (TPSA) is 78.3 Å². The van der Waals surface area contributed by atoms with Crippen molar-refractivity contribution in [2.75, 3.05) is 19.6 Å². The highest BCUT2D eigenvalue weighted by Crippen LogP contribution is 2.32. The Balaban J connectivity index is 1.69. The lowest BCUT2D eigenvalue weighted by molar-refractivity contribution is 0.101. The van der Waals surface area contributed by atoms with E-state index in [4.69, 9.17) is 10.3 Å². The molecule has 0 bridgehead atoms. The molecule has 0 radical (unpaired) electrons. The van der Waals surface area contributed by atoms with Gasteiger partial charge in [0.25, 0.3) is 0 Å². The summed E-state index contributed by atoms with van der Waals surface area (Å²) in [6.45, 7) is 9.47. The van der Waals surface area contributed by atoms with Crippen molar-refractivity contribution >= 4 is 5.78 Å². The van der Waals surface area contributed by atoms with Gasteiger partial charge in [-0.25, -0.2) is 0 Å². The maximum Gasteiger partial charge on any atom is 0.159 e. The molecule has 1 aliphatic rings. The number of carbonyl (C=O) groups excluding carboxylic acids is 1. The highest BCUT2D eigenvalue weighted by Gasteiger charge is 2.19. The zero-order chi connectivity index (χ0) is 21.5. The lowest BCUT2D eigenvalue weighted by atomic mass is 9.96. The Kier molecular flexibility index (Phi) is 7.50. The molecule has 0 unspecified atom stereocenters. The molecule has 0 atom stereocenters. The standard InChI is InChI=1S/C24H30N4O2/c1-17(2)23-13-20(16-28-11-9-19(10-12-28)15-26-27-25)7-8-24(23)30-22-6-4-5-21(14-22)18(3)29/h4-8,13-14,17,19H,9-12,15-16H2,1-3H3. The third kappa shape index (κ3) is 5.85. The molecule has 0 N–H and O–H groups in total. The molecule has 0 amide bonds. The first-order chi connectivity index (χ1) is 14.5. The van der Waals surface area contributed by atoms with Crippen molar-refractivity contribution in [2.24, 2.45) is 11.0 Å². The largest absolute Gasteiger partial charge is 0.457 e. The van der Waals surface area contributed by atoms with E-state index < -0.39 is 0 Å². The van der Waals surface area contributed by atoms with E-state index in [0.717, 1.165) is 38.2 Å². The van der Waals surface area contributed by atoms with Gasteiger partial charge in [-0.3, -0.25) is 9.69 Å². The van der Waals surface area contributed by atoms with Crippen molar-refractivity contribution in [1.29, 1.82) is 0 Å². The fraction of sp³-hybridized carbons (Fsp3) is 0.458. The number of hydrogen-bond donors (Lipinski definition) is 0. The normalized spacial score (nSPS) is 15.1. The maximum atomic E-state index is 11.6. The summed E-state index contributed by atoms with van der Waals surface area (Å²) in [4.78, 5) is 17.0. The van der Waals surface area contributed by atoms with Crippen molar-refractivity contribution in [3.05, 3.63) is 69.6 Å². The quantitative estimate of drug-likeness (QED) is 0.222. The van der Waals surface area contributed by atoms with Gasteiger partial charge in [0.1, 0.15) is 11.5 Å². The van der Waals surface area contributed by atoms with E-state index in [1.807, 2.05) is 18.2 Å². The van der Waals surface area contributed by atoms with E-state index in [-0.39, 0.29) is 5.78 Å². The van der Waals surface area contributed by atoms with Gasteiger partial charge in [0, 0.05) is 23.6 Å². The Labute approximate surface area is 178 Å². The van der Waals surface area contributed by atoms with E-state index in [1.165, 1.54) is 11.1 Å². The molecule has 1 fully saturated rings. The van der Waals surface area contributed by atoms with Crippen LogP contribution in [0.15, 0.2) is 47.6 Å². The van der Waals surface area contributed by atoms with E-state index in [1.54, 1.807) is 19.1 Å². The molecule has 0 saturated carbocycles.